The highest BCUT2D eigenvalue weighted by Crippen LogP contribution is 2.28. The Bertz CT molecular complexity index is 1150. The Morgan fingerprint density at radius 2 is 1.79 bits per heavy atom. The van der Waals surface area contributed by atoms with Crippen molar-refractivity contribution >= 4 is 59.9 Å². The number of allylic oxidation sites excluding steroid dienone is 1. The number of para-hydroxylation sites is 1. The van der Waals surface area contributed by atoms with Crippen LogP contribution in [0.25, 0.3) is 10.9 Å². The molecule has 0 aliphatic carbocycles. The van der Waals surface area contributed by atoms with Crippen molar-refractivity contribution in [3.05, 3.63) is 60.1 Å². The van der Waals surface area contributed by atoms with Crippen molar-refractivity contribution in [3.63, 3.8) is 0 Å². The maximum atomic E-state index is 6.31. The Labute approximate surface area is 243 Å². The number of nitrogens with two attached hydrogens (primary N) is 1. The van der Waals surface area contributed by atoms with E-state index in [9.17, 15) is 0 Å². The SMILES string of the molecule is CC(C)C(N)CN1CCC(Nc2nc3c(n2Cc2cccc4cccnc24)CC=CN3)CC1.Cl.Cl.Cl.O.O. The molecule has 1 aromatic carbocycles. The van der Waals surface area contributed by atoms with Gasteiger partial charge in [-0.15, -0.1) is 37.2 Å². The molecule has 4 heterocycles. The van der Waals surface area contributed by atoms with E-state index in [-0.39, 0.29) is 54.2 Å². The molecule has 0 radical (unpaired) electrons. The smallest absolute Gasteiger partial charge is 0.205 e. The zero-order chi connectivity index (χ0) is 22.8. The lowest BCUT2D eigenvalue weighted by Crippen LogP contribution is -2.46. The van der Waals surface area contributed by atoms with E-state index < -0.39 is 0 Å². The number of hydrogen-bond acceptors (Lipinski definition) is 6. The van der Waals surface area contributed by atoms with Crippen LogP contribution in [0.5, 0.6) is 0 Å². The molecule has 0 saturated carbocycles. The van der Waals surface area contributed by atoms with Crippen molar-refractivity contribution < 1.29 is 11.0 Å². The van der Waals surface area contributed by atoms with E-state index in [0.717, 1.165) is 62.7 Å². The molecule has 0 bridgehead atoms. The molecule has 214 valence electrons. The molecule has 2 aliphatic heterocycles. The number of rotatable bonds is 7. The molecule has 8 N–H and O–H groups in total. The largest absolute Gasteiger partial charge is 0.412 e. The summed E-state index contributed by atoms with van der Waals surface area (Å²) in [5.74, 6) is 2.42. The minimum atomic E-state index is 0. The van der Waals surface area contributed by atoms with Gasteiger partial charge in [0.15, 0.2) is 5.82 Å². The van der Waals surface area contributed by atoms with Gasteiger partial charge >= 0.3 is 0 Å². The van der Waals surface area contributed by atoms with Gasteiger partial charge in [-0.05, 0) is 36.6 Å². The molecule has 5 rings (SSSR count). The van der Waals surface area contributed by atoms with Gasteiger partial charge in [-0.1, -0.05) is 44.2 Å². The summed E-state index contributed by atoms with van der Waals surface area (Å²) >= 11 is 0. The second-order valence-corrected chi connectivity index (χ2v) is 9.69. The lowest BCUT2D eigenvalue weighted by atomic mass is 10.0. The normalized spacial score (nSPS) is 15.5. The molecule has 9 nitrogen and oxygen atoms in total. The molecule has 2 aliphatic rings. The molecule has 3 aromatic rings. The Morgan fingerprint density at radius 1 is 1.08 bits per heavy atom. The van der Waals surface area contributed by atoms with E-state index in [1.54, 1.807) is 0 Å². The van der Waals surface area contributed by atoms with E-state index in [2.05, 4.69) is 69.3 Å². The monoisotopic (exact) mass is 589 g/mol. The van der Waals surface area contributed by atoms with E-state index in [0.29, 0.717) is 12.0 Å². The number of aromatic nitrogens is 3. The molecule has 1 saturated heterocycles. The van der Waals surface area contributed by atoms with Gasteiger partial charge in [0.2, 0.25) is 5.95 Å². The summed E-state index contributed by atoms with van der Waals surface area (Å²) < 4.78 is 2.33. The van der Waals surface area contributed by atoms with Crippen molar-refractivity contribution in [2.75, 3.05) is 30.3 Å². The van der Waals surface area contributed by atoms with E-state index >= 15 is 0 Å². The summed E-state index contributed by atoms with van der Waals surface area (Å²) in [5.41, 5.74) is 9.79. The number of benzene rings is 1. The Balaban J connectivity index is 0.00000274. The first-order chi connectivity index (χ1) is 16.1. The van der Waals surface area contributed by atoms with Crippen molar-refractivity contribution in [1.29, 1.82) is 0 Å². The number of nitrogens with zero attached hydrogens (tertiary/aromatic N) is 4. The fourth-order valence-electron chi connectivity index (χ4n) is 4.81. The minimum absolute atomic E-state index is 0. The van der Waals surface area contributed by atoms with Gasteiger partial charge in [0, 0.05) is 49.7 Å². The van der Waals surface area contributed by atoms with Gasteiger partial charge in [-0.2, -0.15) is 4.98 Å². The van der Waals surface area contributed by atoms with Crippen LogP contribution in [0.3, 0.4) is 0 Å². The predicted octanol–water partition coefficient (Wildman–Crippen LogP) is 3.44. The van der Waals surface area contributed by atoms with Gasteiger partial charge in [-0.25, -0.2) is 0 Å². The third-order valence-corrected chi connectivity index (χ3v) is 7.01. The van der Waals surface area contributed by atoms with E-state index in [4.69, 9.17) is 10.7 Å². The molecule has 2 aromatic heterocycles. The summed E-state index contributed by atoms with van der Waals surface area (Å²) in [5, 5.41) is 8.28. The van der Waals surface area contributed by atoms with Gasteiger partial charge in [0.25, 0.3) is 0 Å². The van der Waals surface area contributed by atoms with Crippen LogP contribution in [-0.4, -0.2) is 62.1 Å². The van der Waals surface area contributed by atoms with Crippen LogP contribution in [0, 0.1) is 5.92 Å². The molecule has 38 heavy (non-hydrogen) atoms. The summed E-state index contributed by atoms with van der Waals surface area (Å²) in [6.07, 6.45) is 9.09. The molecule has 1 unspecified atom stereocenters. The second kappa shape index (κ2) is 16.1. The van der Waals surface area contributed by atoms with Gasteiger partial charge in [-0.3, -0.25) is 4.98 Å². The number of imidazole rings is 1. The Kier molecular flexibility index (Phi) is 15.2. The summed E-state index contributed by atoms with van der Waals surface area (Å²) in [6.45, 7) is 8.29. The molecule has 1 atom stereocenters. The molecular weight excluding hydrogens is 549 g/mol. The number of halogens is 3. The zero-order valence-corrected chi connectivity index (χ0v) is 24.3. The fourth-order valence-corrected chi connectivity index (χ4v) is 4.81. The summed E-state index contributed by atoms with van der Waals surface area (Å²) in [6, 6.07) is 11.2. The second-order valence-electron chi connectivity index (χ2n) is 9.69. The lowest BCUT2D eigenvalue weighted by molar-refractivity contribution is 0.194. The highest BCUT2D eigenvalue weighted by Gasteiger charge is 2.25. The summed E-state index contributed by atoms with van der Waals surface area (Å²) in [7, 11) is 0. The Hall–Kier alpha value is -2.11. The highest BCUT2D eigenvalue weighted by atomic mass is 35.5. The average Bonchev–Trinajstić information content (AvgIpc) is 3.17. The zero-order valence-electron chi connectivity index (χ0n) is 21.9. The van der Waals surface area contributed by atoms with Crippen molar-refractivity contribution in [3.8, 4) is 0 Å². The van der Waals surface area contributed by atoms with Crippen molar-refractivity contribution in [2.24, 2.45) is 11.7 Å². The topological polar surface area (TPSA) is 147 Å². The first-order valence-corrected chi connectivity index (χ1v) is 12.2. The number of likely N-dealkylation sites (tertiary alicyclic amines) is 1. The predicted molar refractivity (Wildman–Crippen MR) is 164 cm³/mol. The molecule has 12 heteroatoms. The number of pyridine rings is 1. The van der Waals surface area contributed by atoms with Gasteiger partial charge < -0.3 is 36.8 Å². The first-order valence-electron chi connectivity index (χ1n) is 12.2. The number of anilines is 2. The van der Waals surface area contributed by atoms with Crippen LogP contribution in [0.4, 0.5) is 11.8 Å². The molecule has 1 fully saturated rings. The lowest BCUT2D eigenvalue weighted by Gasteiger charge is -2.34. The fraction of sp³-hybridized carbons (Fsp3) is 0.462. The molecule has 0 spiro atoms. The minimum Gasteiger partial charge on any atom is -0.412 e. The Morgan fingerprint density at radius 3 is 2.50 bits per heavy atom. The standard InChI is InChI=1S/C26H35N7.3ClH.2H2O/c1-18(2)22(27)17-32-14-10-21(11-15-32)30-26-31-25-23(9-5-13-29-25)33(26)16-20-7-3-6-19-8-4-12-28-24(19)20;;;;;/h3-8,12-13,18,21-22,29H,9-11,14-17,27H2,1-2H3,(H,30,31);3*1H;2*1H2. The van der Waals surface area contributed by atoms with E-state index in [1.165, 1.54) is 16.6 Å². The maximum Gasteiger partial charge on any atom is 0.205 e. The van der Waals surface area contributed by atoms with Gasteiger partial charge in [0.05, 0.1) is 17.8 Å². The number of fused-ring (bicyclic) bond motifs is 2. The van der Waals surface area contributed by atoms with Crippen LogP contribution in [0.1, 0.15) is 37.9 Å². The highest BCUT2D eigenvalue weighted by molar-refractivity contribution is 5.86. The first kappa shape index (κ1) is 35.9. The maximum absolute atomic E-state index is 6.31. The third-order valence-electron chi connectivity index (χ3n) is 7.01. The number of hydrogen-bond donors (Lipinski definition) is 3. The van der Waals surface area contributed by atoms with Crippen LogP contribution >= 0.6 is 37.2 Å². The van der Waals surface area contributed by atoms with Crippen LogP contribution < -0.4 is 16.4 Å². The quantitative estimate of drug-likeness (QED) is 0.384. The van der Waals surface area contributed by atoms with Crippen LogP contribution in [-0.2, 0) is 13.0 Å². The third kappa shape index (κ3) is 7.95. The van der Waals surface area contributed by atoms with E-state index in [1.807, 2.05) is 18.5 Å². The van der Waals surface area contributed by atoms with Gasteiger partial charge in [0.1, 0.15) is 0 Å². The summed E-state index contributed by atoms with van der Waals surface area (Å²) in [4.78, 5) is 12.1. The van der Waals surface area contributed by atoms with Crippen LogP contribution in [0.2, 0.25) is 0 Å². The molecular formula is C26H42Cl3N7O2. The van der Waals surface area contributed by atoms with Crippen LogP contribution in [0.15, 0.2) is 48.8 Å². The van der Waals surface area contributed by atoms with Crippen molar-refractivity contribution in [2.45, 2.75) is 51.7 Å². The van der Waals surface area contributed by atoms with Crippen molar-refractivity contribution in [1.82, 2.24) is 19.4 Å². The molecule has 0 amide bonds. The number of piperidine rings is 1. The number of nitrogens with one attached hydrogen (secondary N) is 2. The average molecular weight is 591 g/mol.